The lowest BCUT2D eigenvalue weighted by Crippen LogP contribution is -2.30. The Balaban J connectivity index is 4.22. The molecule has 0 aromatic carbocycles. The van der Waals surface area contributed by atoms with Crippen LogP contribution < -0.4 is 0 Å². The number of hydrogen-bond acceptors (Lipinski definition) is 6. The number of carbonyl (C=O) groups is 3. The van der Waals surface area contributed by atoms with Gasteiger partial charge in [0.05, 0.1) is 0 Å². The van der Waals surface area contributed by atoms with E-state index in [1.165, 1.54) is 238 Å². The normalized spacial score (nSPS) is 12.5. The maximum atomic E-state index is 12.9. The summed E-state index contributed by atoms with van der Waals surface area (Å²) in [6.45, 7) is 6.57. The molecule has 82 heavy (non-hydrogen) atoms. The van der Waals surface area contributed by atoms with Crippen molar-refractivity contribution in [1.82, 2.24) is 0 Å². The monoisotopic (exact) mass is 1150 g/mol. The van der Waals surface area contributed by atoms with E-state index in [1.54, 1.807) is 0 Å². The molecule has 0 saturated carbocycles. The summed E-state index contributed by atoms with van der Waals surface area (Å²) in [6, 6.07) is 0. The van der Waals surface area contributed by atoms with Gasteiger partial charge in [-0.2, -0.15) is 0 Å². The van der Waals surface area contributed by atoms with Crippen LogP contribution in [-0.4, -0.2) is 37.2 Å². The lowest BCUT2D eigenvalue weighted by Gasteiger charge is -2.18. The zero-order chi connectivity index (χ0) is 59.2. The quantitative estimate of drug-likeness (QED) is 0.0261. The van der Waals surface area contributed by atoms with E-state index >= 15 is 0 Å². The van der Waals surface area contributed by atoms with E-state index in [1.807, 2.05) is 0 Å². The van der Waals surface area contributed by atoms with Crippen molar-refractivity contribution in [3.8, 4) is 0 Å². The highest BCUT2D eigenvalue weighted by Crippen LogP contribution is 2.18. The molecule has 476 valence electrons. The van der Waals surface area contributed by atoms with E-state index in [2.05, 4.69) is 93.7 Å². The minimum Gasteiger partial charge on any atom is -0.462 e. The van der Waals surface area contributed by atoms with Crippen molar-refractivity contribution in [2.24, 2.45) is 0 Å². The van der Waals surface area contributed by atoms with Gasteiger partial charge >= 0.3 is 17.9 Å². The third-order valence-electron chi connectivity index (χ3n) is 15.9. The molecule has 0 aromatic rings. The van der Waals surface area contributed by atoms with E-state index in [0.717, 1.165) is 96.3 Å². The Morgan fingerprint density at radius 3 is 0.756 bits per heavy atom. The largest absolute Gasteiger partial charge is 0.462 e. The van der Waals surface area contributed by atoms with Crippen molar-refractivity contribution in [2.45, 2.75) is 380 Å². The molecule has 0 rings (SSSR count). The van der Waals surface area contributed by atoms with Gasteiger partial charge in [-0.3, -0.25) is 14.4 Å². The topological polar surface area (TPSA) is 78.9 Å². The van der Waals surface area contributed by atoms with Crippen molar-refractivity contribution in [3.63, 3.8) is 0 Å². The van der Waals surface area contributed by atoms with Crippen molar-refractivity contribution in [3.05, 3.63) is 72.9 Å². The van der Waals surface area contributed by atoms with Crippen LogP contribution in [0.4, 0.5) is 0 Å². The molecule has 0 spiro atoms. The molecule has 0 saturated heterocycles. The standard InChI is InChI=1S/C76H136O6/c1-4-7-10-13-16-19-22-25-27-29-31-33-35-36-37-38-39-40-42-43-45-47-49-51-54-57-60-63-66-69-75(78)81-72-73(71-80-74(77)68-65-62-59-56-53-24-21-18-15-12-9-6-3)82-76(79)70-67-64-61-58-55-52-50-48-46-44-41-34-32-30-28-26-23-20-17-14-11-8-5-2/h8,11,17,20,26,28-29,31-32,34,44,46,73H,4-7,9-10,12-16,18-19,21-25,27,30,33,35-43,45,47-72H2,1-3H3/b11-8-,20-17-,28-26-,31-29-,34-32-,46-44-. The summed E-state index contributed by atoms with van der Waals surface area (Å²) in [5.41, 5.74) is 0. The first kappa shape index (κ1) is 78.8. The van der Waals surface area contributed by atoms with Gasteiger partial charge in [0.25, 0.3) is 0 Å². The second-order valence-corrected chi connectivity index (χ2v) is 24.1. The Hall–Kier alpha value is -3.15. The maximum Gasteiger partial charge on any atom is 0.306 e. The van der Waals surface area contributed by atoms with Gasteiger partial charge in [-0.05, 0) is 89.9 Å². The van der Waals surface area contributed by atoms with Crippen LogP contribution in [0.5, 0.6) is 0 Å². The summed E-state index contributed by atoms with van der Waals surface area (Å²) in [6.07, 6.45) is 92.2. The second kappa shape index (κ2) is 70.3. The van der Waals surface area contributed by atoms with Crippen molar-refractivity contribution in [2.75, 3.05) is 13.2 Å². The molecular formula is C76H136O6. The van der Waals surface area contributed by atoms with E-state index < -0.39 is 6.10 Å². The second-order valence-electron chi connectivity index (χ2n) is 24.1. The first-order chi connectivity index (χ1) is 40.5. The van der Waals surface area contributed by atoms with Crippen LogP contribution in [0.2, 0.25) is 0 Å². The molecule has 0 fully saturated rings. The van der Waals surface area contributed by atoms with Crippen LogP contribution in [0, 0.1) is 0 Å². The predicted molar refractivity (Wildman–Crippen MR) is 358 cm³/mol. The van der Waals surface area contributed by atoms with Gasteiger partial charge in [0.15, 0.2) is 6.10 Å². The summed E-state index contributed by atoms with van der Waals surface area (Å²) >= 11 is 0. The van der Waals surface area contributed by atoms with E-state index in [9.17, 15) is 14.4 Å². The fourth-order valence-electron chi connectivity index (χ4n) is 10.6. The van der Waals surface area contributed by atoms with Crippen molar-refractivity contribution in [1.29, 1.82) is 0 Å². The molecule has 6 nitrogen and oxygen atoms in total. The number of unbranched alkanes of at least 4 members (excludes halogenated alkanes) is 43. The van der Waals surface area contributed by atoms with Crippen LogP contribution in [0.25, 0.3) is 0 Å². The van der Waals surface area contributed by atoms with E-state index in [4.69, 9.17) is 14.2 Å². The first-order valence-electron chi connectivity index (χ1n) is 35.9. The third-order valence-corrected chi connectivity index (χ3v) is 15.9. The van der Waals surface area contributed by atoms with Gasteiger partial charge in [0.2, 0.25) is 0 Å². The zero-order valence-electron chi connectivity index (χ0n) is 54.8. The van der Waals surface area contributed by atoms with Crippen LogP contribution in [0.3, 0.4) is 0 Å². The molecule has 0 aromatic heterocycles. The number of hydrogen-bond donors (Lipinski definition) is 0. The maximum absolute atomic E-state index is 12.9. The fraction of sp³-hybridized carbons (Fsp3) is 0.803. The highest BCUT2D eigenvalue weighted by Gasteiger charge is 2.19. The molecule has 0 aliphatic carbocycles. The summed E-state index contributed by atoms with van der Waals surface area (Å²) in [5, 5.41) is 0. The zero-order valence-corrected chi connectivity index (χ0v) is 54.8. The Labute approximate surface area is 510 Å². The van der Waals surface area contributed by atoms with Gasteiger partial charge in [0.1, 0.15) is 13.2 Å². The average Bonchev–Trinajstić information content (AvgIpc) is 3.47. The van der Waals surface area contributed by atoms with Crippen LogP contribution in [-0.2, 0) is 28.6 Å². The van der Waals surface area contributed by atoms with Crippen LogP contribution >= 0.6 is 0 Å². The Kier molecular flexibility index (Phi) is 67.6. The highest BCUT2D eigenvalue weighted by atomic mass is 16.6. The summed E-state index contributed by atoms with van der Waals surface area (Å²) in [7, 11) is 0. The highest BCUT2D eigenvalue weighted by molar-refractivity contribution is 5.71. The summed E-state index contributed by atoms with van der Waals surface area (Å²) < 4.78 is 17.0. The first-order valence-corrected chi connectivity index (χ1v) is 35.9. The molecule has 0 amide bonds. The Morgan fingerprint density at radius 1 is 0.256 bits per heavy atom. The van der Waals surface area contributed by atoms with Crippen LogP contribution in [0.15, 0.2) is 72.9 Å². The minimum absolute atomic E-state index is 0.0756. The molecule has 1 unspecified atom stereocenters. The number of esters is 3. The number of rotatable bonds is 66. The van der Waals surface area contributed by atoms with Crippen LogP contribution in [0.1, 0.15) is 374 Å². The predicted octanol–water partition coefficient (Wildman–Crippen LogP) is 24.8. The van der Waals surface area contributed by atoms with Gasteiger partial charge < -0.3 is 14.2 Å². The molecule has 1 atom stereocenters. The smallest absolute Gasteiger partial charge is 0.306 e. The lowest BCUT2D eigenvalue weighted by atomic mass is 10.0. The van der Waals surface area contributed by atoms with Gasteiger partial charge in [-0.25, -0.2) is 0 Å². The van der Waals surface area contributed by atoms with Crippen molar-refractivity contribution < 1.29 is 28.6 Å². The molecule has 0 N–H and O–H groups in total. The fourth-order valence-corrected chi connectivity index (χ4v) is 10.6. The number of ether oxygens (including phenoxy) is 3. The third kappa shape index (κ3) is 67.6. The minimum atomic E-state index is -0.780. The van der Waals surface area contributed by atoms with Gasteiger partial charge in [-0.15, -0.1) is 0 Å². The van der Waals surface area contributed by atoms with Crippen molar-refractivity contribution >= 4 is 17.9 Å². The van der Waals surface area contributed by atoms with E-state index in [-0.39, 0.29) is 31.1 Å². The van der Waals surface area contributed by atoms with Gasteiger partial charge in [-0.1, -0.05) is 338 Å². The average molecular weight is 1150 g/mol. The Bertz CT molecular complexity index is 1500. The molecule has 0 aliphatic rings. The molecule has 0 aliphatic heterocycles. The molecule has 6 heteroatoms. The summed E-state index contributed by atoms with van der Waals surface area (Å²) in [4.78, 5) is 38.4. The number of carbonyl (C=O) groups excluding carboxylic acids is 3. The molecular weight excluding hydrogens is 1010 g/mol. The molecule has 0 heterocycles. The lowest BCUT2D eigenvalue weighted by molar-refractivity contribution is -0.167. The summed E-state index contributed by atoms with van der Waals surface area (Å²) in [5.74, 6) is -0.865. The molecule has 0 bridgehead atoms. The Morgan fingerprint density at radius 2 is 0.476 bits per heavy atom. The van der Waals surface area contributed by atoms with Gasteiger partial charge in [0, 0.05) is 19.3 Å². The van der Waals surface area contributed by atoms with E-state index in [0.29, 0.717) is 19.3 Å². The molecule has 0 radical (unpaired) electrons. The number of allylic oxidation sites excluding steroid dienone is 12. The SMILES string of the molecule is CC/C=C\C/C=C\C/C=C\C/C=C\C/C=C\CCCCCCCCCC(=O)OC(COC(=O)CCCCCCCCCCCCCC)COC(=O)CCCCCCCCCCCCCCCCCCC/C=C\CCCCCCCCCC.